The van der Waals surface area contributed by atoms with Crippen molar-refractivity contribution in [3.8, 4) is 11.5 Å². The van der Waals surface area contributed by atoms with Gasteiger partial charge in [0.1, 0.15) is 48.8 Å². The molecular weight excluding hydrogens is 460 g/mol. The molecule has 0 spiro atoms. The summed E-state index contributed by atoms with van der Waals surface area (Å²) in [7, 11) is 1.35. The summed E-state index contributed by atoms with van der Waals surface area (Å²) in [5.74, 6) is 0.0507. The fraction of sp³-hybridized carbons (Fsp3) is 0.667. The number of rotatable bonds is 8. The Labute approximate surface area is 194 Å². The Morgan fingerprint density at radius 2 is 1.44 bits per heavy atom. The van der Waals surface area contributed by atoms with Crippen molar-refractivity contribution >= 4 is 5.78 Å². The molecule has 0 bridgehead atoms. The van der Waals surface area contributed by atoms with Gasteiger partial charge in [-0.15, -0.1) is 0 Å². The average Bonchev–Trinajstić information content (AvgIpc) is 2.83. The van der Waals surface area contributed by atoms with Crippen LogP contribution in [0.5, 0.6) is 11.5 Å². The molecule has 0 unspecified atom stereocenters. The topological polar surface area (TPSA) is 205 Å². The molecule has 1 aromatic carbocycles. The molecule has 0 aliphatic carbocycles. The summed E-state index contributed by atoms with van der Waals surface area (Å²) in [6.45, 7) is 0.230. The van der Waals surface area contributed by atoms with Crippen LogP contribution in [-0.2, 0) is 14.2 Å². The Balaban J connectivity index is 1.70. The lowest BCUT2D eigenvalue weighted by Gasteiger charge is -2.42. The highest BCUT2D eigenvalue weighted by Gasteiger charge is 2.48. The molecule has 192 valence electrons. The Morgan fingerprint density at radius 1 is 0.853 bits per heavy atom. The van der Waals surface area contributed by atoms with Gasteiger partial charge in [0.15, 0.2) is 23.6 Å². The molecule has 34 heavy (non-hydrogen) atoms. The fourth-order valence-corrected chi connectivity index (χ4v) is 3.66. The van der Waals surface area contributed by atoms with Crippen LogP contribution in [0.1, 0.15) is 17.3 Å². The van der Waals surface area contributed by atoms with Gasteiger partial charge in [0, 0.05) is 5.56 Å². The summed E-state index contributed by atoms with van der Waals surface area (Å²) in [4.78, 5) is 11.6. The van der Waals surface area contributed by atoms with Crippen molar-refractivity contribution in [3.63, 3.8) is 0 Å². The molecule has 0 radical (unpaired) electrons. The minimum absolute atomic E-state index is 0.0914. The van der Waals surface area contributed by atoms with E-state index in [0.29, 0.717) is 5.56 Å². The lowest BCUT2D eigenvalue weighted by atomic mass is 9.98. The molecule has 2 saturated heterocycles. The molecular formula is C21H30O13. The second kappa shape index (κ2) is 11.2. The van der Waals surface area contributed by atoms with Gasteiger partial charge in [-0.1, -0.05) is 0 Å². The quantitative estimate of drug-likeness (QED) is 0.181. The van der Waals surface area contributed by atoms with E-state index in [1.807, 2.05) is 0 Å². The zero-order chi connectivity index (χ0) is 25.2. The normalized spacial score (nSPS) is 38.4. The van der Waals surface area contributed by atoms with Crippen LogP contribution in [0, 0.1) is 0 Å². The Hall–Kier alpha value is -1.91. The standard InChI is InChI=1S/C21H30O13/c1-8(23)9-3-4-10(11(5-9)30-2)32-21-19(29)17(27)15(25)13(34-21)7-31-20-18(28)16(26)14(24)12(6-22)33-20/h3-5,12-22,24-29H,6-7H2,1-2H3/t12-,13-,14-,15-,16+,17+,18-,19-,20-,21-/m1/s1. The summed E-state index contributed by atoms with van der Waals surface area (Å²) in [5.41, 5.74) is 0.357. The van der Waals surface area contributed by atoms with E-state index in [1.54, 1.807) is 0 Å². The lowest BCUT2D eigenvalue weighted by Crippen LogP contribution is -2.62. The first-order valence-corrected chi connectivity index (χ1v) is 10.6. The number of aliphatic hydroxyl groups excluding tert-OH is 7. The van der Waals surface area contributed by atoms with E-state index in [0.717, 1.165) is 0 Å². The summed E-state index contributed by atoms with van der Waals surface area (Å²) < 4.78 is 27.0. The summed E-state index contributed by atoms with van der Waals surface area (Å²) >= 11 is 0. The number of hydrogen-bond acceptors (Lipinski definition) is 13. The molecule has 13 nitrogen and oxygen atoms in total. The first kappa shape index (κ1) is 26.7. The summed E-state index contributed by atoms with van der Waals surface area (Å²) in [6, 6.07) is 4.32. The molecule has 2 fully saturated rings. The fourth-order valence-electron chi connectivity index (χ4n) is 3.66. The molecule has 0 aromatic heterocycles. The van der Waals surface area contributed by atoms with Crippen LogP contribution < -0.4 is 9.47 Å². The van der Waals surface area contributed by atoms with Gasteiger partial charge in [-0.25, -0.2) is 0 Å². The van der Waals surface area contributed by atoms with Gasteiger partial charge in [-0.05, 0) is 25.1 Å². The van der Waals surface area contributed by atoms with E-state index in [4.69, 9.17) is 23.7 Å². The Kier molecular flexibility index (Phi) is 8.81. The van der Waals surface area contributed by atoms with Crippen molar-refractivity contribution in [2.45, 2.75) is 68.3 Å². The van der Waals surface area contributed by atoms with Gasteiger partial charge in [0.05, 0.1) is 20.3 Å². The Morgan fingerprint density at radius 3 is 2.03 bits per heavy atom. The zero-order valence-electron chi connectivity index (χ0n) is 18.5. The third-order valence-corrected chi connectivity index (χ3v) is 5.75. The van der Waals surface area contributed by atoms with Crippen LogP contribution in [0.2, 0.25) is 0 Å². The van der Waals surface area contributed by atoms with Crippen molar-refractivity contribution in [3.05, 3.63) is 23.8 Å². The van der Waals surface area contributed by atoms with Crippen molar-refractivity contribution in [2.75, 3.05) is 20.3 Å². The van der Waals surface area contributed by atoms with Gasteiger partial charge in [0.25, 0.3) is 0 Å². The highest BCUT2D eigenvalue weighted by molar-refractivity contribution is 5.94. The van der Waals surface area contributed by atoms with E-state index in [1.165, 1.54) is 32.2 Å². The first-order valence-electron chi connectivity index (χ1n) is 10.6. The predicted octanol–water partition coefficient (Wildman–Crippen LogP) is -3.10. The van der Waals surface area contributed by atoms with Gasteiger partial charge < -0.3 is 59.4 Å². The first-order chi connectivity index (χ1) is 16.1. The maximum atomic E-state index is 11.6. The number of hydrogen-bond donors (Lipinski definition) is 7. The number of ether oxygens (including phenoxy) is 5. The molecule has 2 aliphatic heterocycles. The molecule has 0 amide bonds. The summed E-state index contributed by atoms with van der Waals surface area (Å²) in [6.07, 6.45) is -15.4. The van der Waals surface area contributed by atoms with Gasteiger partial charge >= 0.3 is 0 Å². The predicted molar refractivity (Wildman–Crippen MR) is 110 cm³/mol. The third kappa shape index (κ3) is 5.49. The Bertz CT molecular complexity index is 833. The minimum atomic E-state index is -1.70. The summed E-state index contributed by atoms with van der Waals surface area (Å²) in [5, 5.41) is 70.0. The van der Waals surface area contributed by atoms with Gasteiger partial charge in [-0.3, -0.25) is 4.79 Å². The molecule has 2 heterocycles. The second-order valence-electron chi connectivity index (χ2n) is 8.08. The van der Waals surface area contributed by atoms with Crippen LogP contribution in [0.15, 0.2) is 18.2 Å². The maximum absolute atomic E-state index is 11.6. The molecule has 10 atom stereocenters. The lowest BCUT2D eigenvalue weighted by molar-refractivity contribution is -0.323. The van der Waals surface area contributed by atoms with E-state index < -0.39 is 74.6 Å². The zero-order valence-corrected chi connectivity index (χ0v) is 18.5. The number of Topliss-reactive ketones (excluding diaryl/α,β-unsaturated/α-hetero) is 1. The molecule has 1 aromatic rings. The van der Waals surface area contributed by atoms with E-state index in [9.17, 15) is 40.5 Å². The van der Waals surface area contributed by atoms with Crippen LogP contribution in [0.3, 0.4) is 0 Å². The highest BCUT2D eigenvalue weighted by atomic mass is 16.7. The number of benzene rings is 1. The monoisotopic (exact) mass is 490 g/mol. The maximum Gasteiger partial charge on any atom is 0.229 e. The van der Waals surface area contributed by atoms with Gasteiger partial charge in [-0.2, -0.15) is 0 Å². The van der Waals surface area contributed by atoms with E-state index >= 15 is 0 Å². The minimum Gasteiger partial charge on any atom is -0.493 e. The third-order valence-electron chi connectivity index (χ3n) is 5.75. The number of carbonyl (C=O) groups excluding carboxylic acids is 1. The van der Waals surface area contributed by atoms with Crippen LogP contribution in [0.4, 0.5) is 0 Å². The number of aliphatic hydroxyl groups is 7. The van der Waals surface area contributed by atoms with E-state index in [2.05, 4.69) is 0 Å². The average molecular weight is 490 g/mol. The number of methoxy groups -OCH3 is 1. The highest BCUT2D eigenvalue weighted by Crippen LogP contribution is 2.32. The molecule has 2 aliphatic rings. The van der Waals surface area contributed by atoms with E-state index in [-0.39, 0.29) is 17.3 Å². The van der Waals surface area contributed by atoms with Crippen LogP contribution in [-0.4, -0.2) is 123 Å². The van der Waals surface area contributed by atoms with Crippen LogP contribution in [0.25, 0.3) is 0 Å². The molecule has 3 rings (SSSR count). The number of ketones is 1. The van der Waals surface area contributed by atoms with Crippen LogP contribution >= 0.6 is 0 Å². The number of carbonyl (C=O) groups is 1. The van der Waals surface area contributed by atoms with Gasteiger partial charge in [0.2, 0.25) is 6.29 Å². The second-order valence-corrected chi connectivity index (χ2v) is 8.08. The van der Waals surface area contributed by atoms with Crippen molar-refractivity contribution in [2.24, 2.45) is 0 Å². The molecule has 13 heteroatoms. The molecule has 7 N–H and O–H groups in total. The smallest absolute Gasteiger partial charge is 0.229 e. The SMILES string of the molecule is COc1cc(C(C)=O)ccc1O[C@@H]1O[C@H](CO[C@@H]2O[C@H](CO)[C@@H](O)[C@H](O)[C@H]2O)[C@@H](O)[C@H](O)[C@H]1O. The largest absolute Gasteiger partial charge is 0.493 e. The van der Waals surface area contributed by atoms with Crippen molar-refractivity contribution in [1.82, 2.24) is 0 Å². The van der Waals surface area contributed by atoms with Crippen molar-refractivity contribution in [1.29, 1.82) is 0 Å². The molecule has 0 saturated carbocycles. The van der Waals surface area contributed by atoms with Crippen molar-refractivity contribution < 1.29 is 64.2 Å².